The summed E-state index contributed by atoms with van der Waals surface area (Å²) in [6, 6.07) is 11.5. The highest BCUT2D eigenvalue weighted by atomic mass is 32.1. The molecule has 2 heterocycles. The molecule has 0 aliphatic heterocycles. The lowest BCUT2D eigenvalue weighted by Gasteiger charge is -1.98. The molecule has 116 valence electrons. The topological polar surface area (TPSA) is 85.1 Å². The third kappa shape index (κ3) is 3.86. The van der Waals surface area contributed by atoms with Gasteiger partial charge in [0.1, 0.15) is 6.54 Å². The van der Waals surface area contributed by atoms with Crippen LogP contribution in [-0.2, 0) is 11.3 Å². The fourth-order valence-electron chi connectivity index (χ4n) is 1.86. The number of amides is 1. The number of hydrazone groups is 1. The first-order valence-electron chi connectivity index (χ1n) is 6.91. The molecule has 0 unspecified atom stereocenters. The van der Waals surface area contributed by atoms with Crippen LogP contribution in [-0.4, -0.2) is 32.3 Å². The number of carbonyl (C=O) groups excluding carboxylic acids is 1. The van der Waals surface area contributed by atoms with Gasteiger partial charge in [-0.3, -0.25) is 4.79 Å². The van der Waals surface area contributed by atoms with Crippen LogP contribution in [0.25, 0.3) is 11.4 Å². The molecule has 0 saturated carbocycles. The molecule has 0 spiro atoms. The van der Waals surface area contributed by atoms with Gasteiger partial charge in [0, 0.05) is 10.4 Å². The van der Waals surface area contributed by atoms with E-state index in [0.717, 1.165) is 16.0 Å². The Bertz CT molecular complexity index is 823. The quantitative estimate of drug-likeness (QED) is 0.573. The number of carbonyl (C=O) groups is 1. The van der Waals surface area contributed by atoms with Crippen molar-refractivity contribution in [2.45, 2.75) is 13.5 Å². The smallest absolute Gasteiger partial charge is 0.263 e. The first kappa shape index (κ1) is 15.0. The van der Waals surface area contributed by atoms with Crippen LogP contribution < -0.4 is 5.43 Å². The van der Waals surface area contributed by atoms with Gasteiger partial charge in [0.2, 0.25) is 5.82 Å². The fraction of sp³-hybridized carbons (Fsp3) is 0.133. The zero-order chi connectivity index (χ0) is 16.1. The number of aromatic nitrogens is 4. The SMILES string of the molecule is Cc1ccsc1C=NNC(=O)Cn1nnc(-c2ccccc2)n1. The predicted octanol–water partition coefficient (Wildman–Crippen LogP) is 1.86. The minimum absolute atomic E-state index is 0.0411. The highest BCUT2D eigenvalue weighted by Gasteiger charge is 2.08. The number of benzene rings is 1. The Morgan fingerprint density at radius 2 is 2.17 bits per heavy atom. The first-order chi connectivity index (χ1) is 11.2. The number of hydrogen-bond donors (Lipinski definition) is 1. The largest absolute Gasteiger partial charge is 0.271 e. The lowest BCUT2D eigenvalue weighted by Crippen LogP contribution is -2.24. The maximum absolute atomic E-state index is 11.8. The van der Waals surface area contributed by atoms with Gasteiger partial charge in [-0.05, 0) is 29.1 Å². The Kier molecular flexibility index (Phi) is 4.53. The number of rotatable bonds is 5. The maximum atomic E-state index is 11.8. The van der Waals surface area contributed by atoms with Crippen LogP contribution in [0.4, 0.5) is 0 Å². The van der Waals surface area contributed by atoms with Crippen molar-refractivity contribution in [2.75, 3.05) is 0 Å². The summed E-state index contributed by atoms with van der Waals surface area (Å²) in [5.74, 6) is 0.170. The molecule has 1 aromatic carbocycles. The molecule has 7 nitrogen and oxygen atoms in total. The third-order valence-electron chi connectivity index (χ3n) is 3.04. The van der Waals surface area contributed by atoms with Crippen LogP contribution in [0.15, 0.2) is 46.9 Å². The molecule has 1 amide bonds. The summed E-state index contributed by atoms with van der Waals surface area (Å²) < 4.78 is 0. The Balaban J connectivity index is 1.57. The van der Waals surface area contributed by atoms with E-state index in [-0.39, 0.29) is 12.5 Å². The summed E-state index contributed by atoms with van der Waals surface area (Å²) >= 11 is 1.57. The first-order valence-corrected chi connectivity index (χ1v) is 7.79. The average molecular weight is 326 g/mol. The number of hydrogen-bond acceptors (Lipinski definition) is 6. The summed E-state index contributed by atoms with van der Waals surface area (Å²) in [5, 5.41) is 17.9. The van der Waals surface area contributed by atoms with Crippen LogP contribution >= 0.6 is 11.3 Å². The molecule has 3 aromatic rings. The number of aryl methyl sites for hydroxylation is 1. The minimum Gasteiger partial charge on any atom is -0.271 e. The number of thiophene rings is 1. The van der Waals surface area contributed by atoms with E-state index < -0.39 is 0 Å². The van der Waals surface area contributed by atoms with Crippen molar-refractivity contribution >= 4 is 23.5 Å². The third-order valence-corrected chi connectivity index (χ3v) is 4.00. The molecule has 0 fully saturated rings. The van der Waals surface area contributed by atoms with E-state index >= 15 is 0 Å². The van der Waals surface area contributed by atoms with Gasteiger partial charge < -0.3 is 0 Å². The van der Waals surface area contributed by atoms with Gasteiger partial charge in [0.25, 0.3) is 5.91 Å². The van der Waals surface area contributed by atoms with E-state index in [1.54, 1.807) is 17.6 Å². The lowest BCUT2D eigenvalue weighted by molar-refractivity contribution is -0.122. The summed E-state index contributed by atoms with van der Waals surface area (Å²) in [4.78, 5) is 14.1. The molecule has 0 aliphatic carbocycles. The second-order valence-corrected chi connectivity index (χ2v) is 5.72. The molecular formula is C15H14N6OS. The fourth-order valence-corrected chi connectivity index (χ4v) is 2.64. The molecule has 0 atom stereocenters. The highest BCUT2D eigenvalue weighted by Crippen LogP contribution is 2.12. The normalized spacial score (nSPS) is 11.0. The van der Waals surface area contributed by atoms with E-state index in [2.05, 4.69) is 25.9 Å². The Morgan fingerprint density at radius 1 is 1.35 bits per heavy atom. The van der Waals surface area contributed by atoms with Gasteiger partial charge >= 0.3 is 0 Å². The van der Waals surface area contributed by atoms with Crippen molar-refractivity contribution in [3.63, 3.8) is 0 Å². The van der Waals surface area contributed by atoms with Crippen LogP contribution in [0.3, 0.4) is 0 Å². The van der Waals surface area contributed by atoms with E-state index in [4.69, 9.17) is 0 Å². The summed E-state index contributed by atoms with van der Waals surface area (Å²) in [6.07, 6.45) is 1.63. The second-order valence-electron chi connectivity index (χ2n) is 4.77. The number of nitrogens with zero attached hydrogens (tertiary/aromatic N) is 5. The van der Waals surface area contributed by atoms with Gasteiger partial charge in [0.15, 0.2) is 0 Å². The molecule has 3 rings (SSSR count). The van der Waals surface area contributed by atoms with Crippen LogP contribution in [0.2, 0.25) is 0 Å². The molecular weight excluding hydrogens is 312 g/mol. The molecule has 0 radical (unpaired) electrons. The predicted molar refractivity (Wildman–Crippen MR) is 88.0 cm³/mol. The minimum atomic E-state index is -0.313. The van der Waals surface area contributed by atoms with Crippen molar-refractivity contribution in [1.82, 2.24) is 25.6 Å². The number of nitrogens with one attached hydrogen (secondary N) is 1. The standard InChI is InChI=1S/C15H14N6OS/c1-11-7-8-23-13(11)9-16-17-14(22)10-21-19-15(18-20-21)12-5-3-2-4-6-12/h2-9H,10H2,1H3,(H,17,22). The molecule has 8 heteroatoms. The van der Waals surface area contributed by atoms with Crippen molar-refractivity contribution in [1.29, 1.82) is 0 Å². The second kappa shape index (κ2) is 6.93. The molecule has 2 aromatic heterocycles. The van der Waals surface area contributed by atoms with Crippen LogP contribution in [0, 0.1) is 6.92 Å². The monoisotopic (exact) mass is 326 g/mol. The maximum Gasteiger partial charge on any atom is 0.263 e. The summed E-state index contributed by atoms with van der Waals surface area (Å²) in [5.41, 5.74) is 4.43. The van der Waals surface area contributed by atoms with Crippen LogP contribution in [0.1, 0.15) is 10.4 Å². The summed E-state index contributed by atoms with van der Waals surface area (Å²) in [6.45, 7) is 1.95. The van der Waals surface area contributed by atoms with Gasteiger partial charge in [-0.2, -0.15) is 9.90 Å². The van der Waals surface area contributed by atoms with Crippen molar-refractivity contribution in [3.05, 3.63) is 52.2 Å². The van der Waals surface area contributed by atoms with Gasteiger partial charge in [-0.15, -0.1) is 21.5 Å². The molecule has 0 aliphatic rings. The van der Waals surface area contributed by atoms with Crippen molar-refractivity contribution < 1.29 is 4.79 Å². The molecule has 0 saturated heterocycles. The molecule has 23 heavy (non-hydrogen) atoms. The zero-order valence-electron chi connectivity index (χ0n) is 12.4. The Hall–Kier alpha value is -2.87. The zero-order valence-corrected chi connectivity index (χ0v) is 13.2. The van der Waals surface area contributed by atoms with Crippen molar-refractivity contribution in [2.24, 2.45) is 5.10 Å². The molecule has 1 N–H and O–H groups in total. The van der Waals surface area contributed by atoms with E-state index in [9.17, 15) is 4.79 Å². The lowest BCUT2D eigenvalue weighted by atomic mass is 10.2. The van der Waals surface area contributed by atoms with E-state index in [1.807, 2.05) is 48.7 Å². The van der Waals surface area contributed by atoms with Gasteiger partial charge in [-0.25, -0.2) is 5.43 Å². The van der Waals surface area contributed by atoms with Gasteiger partial charge in [-0.1, -0.05) is 30.3 Å². The molecule has 0 bridgehead atoms. The highest BCUT2D eigenvalue weighted by molar-refractivity contribution is 7.11. The number of tetrazole rings is 1. The average Bonchev–Trinajstić information content (AvgIpc) is 3.18. The summed E-state index contributed by atoms with van der Waals surface area (Å²) in [7, 11) is 0. The van der Waals surface area contributed by atoms with Crippen molar-refractivity contribution in [3.8, 4) is 11.4 Å². The van der Waals surface area contributed by atoms with E-state index in [0.29, 0.717) is 5.82 Å². The Labute approximate surface area is 136 Å². The van der Waals surface area contributed by atoms with Crippen LogP contribution in [0.5, 0.6) is 0 Å². The van der Waals surface area contributed by atoms with E-state index in [1.165, 1.54) is 4.80 Å². The van der Waals surface area contributed by atoms with Gasteiger partial charge in [0.05, 0.1) is 6.21 Å². The Morgan fingerprint density at radius 3 is 2.91 bits per heavy atom.